The smallest absolute Gasteiger partial charge is 0.315 e. The molecule has 146 valence electrons. The molecule has 1 amide bonds. The molecular formula is C18H20N6O3S. The van der Waals surface area contributed by atoms with Gasteiger partial charge in [0.2, 0.25) is 5.13 Å². The van der Waals surface area contributed by atoms with Crippen LogP contribution in [0.15, 0.2) is 28.8 Å². The summed E-state index contributed by atoms with van der Waals surface area (Å²) in [7, 11) is 1.40. The van der Waals surface area contributed by atoms with Crippen molar-refractivity contribution in [2.24, 2.45) is 0 Å². The molecule has 2 heterocycles. The topological polar surface area (TPSA) is 106 Å². The number of aryl methyl sites for hydroxylation is 2. The van der Waals surface area contributed by atoms with Gasteiger partial charge in [0.1, 0.15) is 5.82 Å². The Bertz CT molecular complexity index is 957. The first-order valence-electron chi connectivity index (χ1n) is 8.49. The highest BCUT2D eigenvalue weighted by molar-refractivity contribution is 7.09. The molecular weight excluding hydrogens is 380 g/mol. The minimum absolute atomic E-state index is 0.314. The van der Waals surface area contributed by atoms with E-state index >= 15 is 0 Å². The van der Waals surface area contributed by atoms with E-state index in [1.807, 2.05) is 38.1 Å². The van der Waals surface area contributed by atoms with Crippen LogP contribution < -0.4 is 10.4 Å². The number of rotatable bonds is 7. The van der Waals surface area contributed by atoms with Crippen molar-refractivity contribution in [3.05, 3.63) is 52.6 Å². The first-order valence-corrected chi connectivity index (χ1v) is 9.26. The summed E-state index contributed by atoms with van der Waals surface area (Å²) in [5.41, 5.74) is 4.56. The van der Waals surface area contributed by atoms with Crippen molar-refractivity contribution in [1.29, 1.82) is 0 Å². The number of carbonyl (C=O) groups is 1. The molecule has 0 aliphatic rings. The molecule has 0 unspecified atom stereocenters. The van der Waals surface area contributed by atoms with Gasteiger partial charge < -0.3 is 4.52 Å². The van der Waals surface area contributed by atoms with E-state index in [1.54, 1.807) is 17.9 Å². The predicted octanol–water partition coefficient (Wildman–Crippen LogP) is 3.20. The number of hydroxylamine groups is 1. The molecule has 0 radical (unpaired) electrons. The molecule has 9 nitrogen and oxygen atoms in total. The molecule has 0 bridgehead atoms. The van der Waals surface area contributed by atoms with Crippen molar-refractivity contribution in [3.8, 4) is 0 Å². The number of aromatic nitrogens is 4. The standard InChI is InChI=1S/C18H20N6O3S/c1-5-6-14-9-13(7-8-15(14)16(25)22-26-4)10-24(17-19-11(2)21-27-17)18-20-12(3)23-28-18/h5-9H,10H2,1-4H3,(H,22,25)/b6-5+. The fourth-order valence-electron chi connectivity index (χ4n) is 2.57. The summed E-state index contributed by atoms with van der Waals surface area (Å²) in [6.45, 7) is 5.89. The van der Waals surface area contributed by atoms with E-state index in [0.29, 0.717) is 34.9 Å². The minimum Gasteiger partial charge on any atom is -0.315 e. The second-order valence-corrected chi connectivity index (χ2v) is 6.62. The fraction of sp³-hybridized carbons (Fsp3) is 0.278. The van der Waals surface area contributed by atoms with Gasteiger partial charge in [-0.15, -0.1) is 0 Å². The van der Waals surface area contributed by atoms with E-state index in [4.69, 9.17) is 9.36 Å². The number of nitrogens with one attached hydrogen (secondary N) is 1. The predicted molar refractivity (Wildman–Crippen MR) is 105 cm³/mol. The summed E-state index contributed by atoms with van der Waals surface area (Å²) < 4.78 is 9.58. The molecule has 0 spiro atoms. The van der Waals surface area contributed by atoms with Crippen LogP contribution in [-0.4, -0.2) is 32.5 Å². The fourth-order valence-corrected chi connectivity index (χ4v) is 3.24. The number of hydrogen-bond acceptors (Lipinski definition) is 9. The number of allylic oxidation sites excluding steroid dienone is 1. The monoisotopic (exact) mass is 400 g/mol. The van der Waals surface area contributed by atoms with E-state index in [0.717, 1.165) is 11.1 Å². The maximum absolute atomic E-state index is 12.2. The quantitative estimate of drug-likeness (QED) is 0.603. The van der Waals surface area contributed by atoms with Crippen LogP contribution in [-0.2, 0) is 11.4 Å². The molecule has 1 N–H and O–H groups in total. The number of benzene rings is 1. The zero-order chi connectivity index (χ0) is 20.1. The molecule has 2 aromatic heterocycles. The van der Waals surface area contributed by atoms with Crippen LogP contribution in [0.4, 0.5) is 11.1 Å². The van der Waals surface area contributed by atoms with Crippen LogP contribution >= 0.6 is 11.5 Å². The van der Waals surface area contributed by atoms with E-state index in [-0.39, 0.29) is 5.91 Å². The lowest BCUT2D eigenvalue weighted by Gasteiger charge is -2.17. The van der Waals surface area contributed by atoms with Gasteiger partial charge in [0.15, 0.2) is 5.82 Å². The van der Waals surface area contributed by atoms with Gasteiger partial charge in [-0.3, -0.25) is 14.5 Å². The van der Waals surface area contributed by atoms with Crippen molar-refractivity contribution in [1.82, 2.24) is 25.0 Å². The highest BCUT2D eigenvalue weighted by atomic mass is 32.1. The van der Waals surface area contributed by atoms with Crippen LogP contribution in [0.1, 0.15) is 40.1 Å². The highest BCUT2D eigenvalue weighted by Crippen LogP contribution is 2.28. The molecule has 28 heavy (non-hydrogen) atoms. The van der Waals surface area contributed by atoms with Crippen LogP contribution in [0.5, 0.6) is 0 Å². The zero-order valence-electron chi connectivity index (χ0n) is 16.0. The summed E-state index contributed by atoms with van der Waals surface area (Å²) in [4.78, 5) is 27.5. The Hall–Kier alpha value is -3.11. The largest absolute Gasteiger partial charge is 0.330 e. The lowest BCUT2D eigenvalue weighted by molar-refractivity contribution is 0.0537. The number of carbonyl (C=O) groups excluding carboxylic acids is 1. The maximum Gasteiger partial charge on any atom is 0.330 e. The van der Waals surface area contributed by atoms with E-state index in [9.17, 15) is 4.79 Å². The Morgan fingerprint density at radius 2 is 2.14 bits per heavy atom. The summed E-state index contributed by atoms with van der Waals surface area (Å²) in [6.07, 6.45) is 3.74. The van der Waals surface area contributed by atoms with Gasteiger partial charge in [0.25, 0.3) is 5.91 Å². The molecule has 0 saturated carbocycles. The lowest BCUT2D eigenvalue weighted by atomic mass is 10.0. The minimum atomic E-state index is -0.314. The summed E-state index contributed by atoms with van der Waals surface area (Å²) in [5.74, 6) is 0.885. The molecule has 10 heteroatoms. The lowest BCUT2D eigenvalue weighted by Crippen LogP contribution is -2.23. The molecule has 3 aromatic rings. The van der Waals surface area contributed by atoms with Crippen LogP contribution in [0.2, 0.25) is 0 Å². The van der Waals surface area contributed by atoms with E-state index in [2.05, 4.69) is 25.0 Å². The van der Waals surface area contributed by atoms with Gasteiger partial charge in [0, 0.05) is 17.1 Å². The third kappa shape index (κ3) is 4.41. The Balaban J connectivity index is 1.96. The Morgan fingerprint density at radius 3 is 2.75 bits per heavy atom. The number of amides is 1. The van der Waals surface area contributed by atoms with Gasteiger partial charge in [0.05, 0.1) is 13.7 Å². The average molecular weight is 400 g/mol. The SMILES string of the molecule is C/C=C/c1cc(CN(c2nc(C)no2)c2nc(C)ns2)ccc1C(=O)NOC. The van der Waals surface area contributed by atoms with E-state index < -0.39 is 0 Å². The second kappa shape index (κ2) is 8.72. The average Bonchev–Trinajstić information content (AvgIpc) is 3.29. The number of nitrogens with zero attached hydrogens (tertiary/aromatic N) is 5. The van der Waals surface area contributed by atoms with Crippen molar-refractivity contribution < 1.29 is 14.2 Å². The first-order chi connectivity index (χ1) is 13.5. The number of hydrogen-bond donors (Lipinski definition) is 1. The third-order valence-electron chi connectivity index (χ3n) is 3.74. The van der Waals surface area contributed by atoms with Crippen LogP contribution in [0, 0.1) is 13.8 Å². The highest BCUT2D eigenvalue weighted by Gasteiger charge is 2.21. The normalized spacial score (nSPS) is 11.1. The van der Waals surface area contributed by atoms with Gasteiger partial charge in [-0.05, 0) is 44.0 Å². The Kier molecular flexibility index (Phi) is 6.12. The Labute approximate surface area is 166 Å². The second-order valence-electron chi connectivity index (χ2n) is 5.89. The van der Waals surface area contributed by atoms with Gasteiger partial charge in [-0.25, -0.2) is 10.5 Å². The Morgan fingerprint density at radius 1 is 1.32 bits per heavy atom. The van der Waals surface area contributed by atoms with Crippen LogP contribution in [0.3, 0.4) is 0 Å². The molecule has 0 aliphatic heterocycles. The van der Waals surface area contributed by atoms with Crippen molar-refractivity contribution >= 4 is 34.7 Å². The van der Waals surface area contributed by atoms with Crippen molar-refractivity contribution in [3.63, 3.8) is 0 Å². The van der Waals surface area contributed by atoms with Crippen molar-refractivity contribution in [2.75, 3.05) is 12.0 Å². The molecule has 3 rings (SSSR count). The van der Waals surface area contributed by atoms with Crippen LogP contribution in [0.25, 0.3) is 6.08 Å². The van der Waals surface area contributed by atoms with Crippen molar-refractivity contribution in [2.45, 2.75) is 27.3 Å². The maximum atomic E-state index is 12.2. The van der Waals surface area contributed by atoms with E-state index in [1.165, 1.54) is 18.6 Å². The molecule has 0 fully saturated rings. The summed E-state index contributed by atoms with van der Waals surface area (Å²) >= 11 is 1.25. The number of anilines is 2. The molecule has 0 saturated heterocycles. The van der Waals surface area contributed by atoms with Gasteiger partial charge in [-0.2, -0.15) is 9.36 Å². The third-order valence-corrected chi connectivity index (χ3v) is 4.57. The molecule has 1 aromatic carbocycles. The summed E-state index contributed by atoms with van der Waals surface area (Å²) in [5, 5.41) is 4.51. The van der Waals surface area contributed by atoms with Gasteiger partial charge in [-0.1, -0.05) is 23.4 Å². The first kappa shape index (κ1) is 19.6. The molecule has 0 aliphatic carbocycles. The molecule has 0 atom stereocenters. The summed E-state index contributed by atoms with van der Waals surface area (Å²) in [6, 6.07) is 5.88. The zero-order valence-corrected chi connectivity index (χ0v) is 16.8. The van der Waals surface area contributed by atoms with Gasteiger partial charge >= 0.3 is 6.01 Å².